The second-order valence-corrected chi connectivity index (χ2v) is 7.08. The summed E-state index contributed by atoms with van der Waals surface area (Å²) in [7, 11) is 1.93. The molecule has 1 aliphatic rings. The van der Waals surface area contributed by atoms with E-state index in [9.17, 15) is 18.0 Å². The molecule has 27 heavy (non-hydrogen) atoms. The zero-order chi connectivity index (χ0) is 20.0. The molecule has 2 rings (SSSR count). The van der Waals surface area contributed by atoms with Crippen LogP contribution in [0.5, 0.6) is 5.75 Å². The number of alkyl halides is 3. The van der Waals surface area contributed by atoms with Crippen molar-refractivity contribution in [3.05, 3.63) is 28.8 Å². The summed E-state index contributed by atoms with van der Waals surface area (Å²) >= 11 is 0. The molecule has 1 saturated heterocycles. The van der Waals surface area contributed by atoms with Crippen LogP contribution in [0.15, 0.2) is 12.1 Å². The summed E-state index contributed by atoms with van der Waals surface area (Å²) in [6.45, 7) is 6.63. The fourth-order valence-corrected chi connectivity index (χ4v) is 3.26. The number of amides is 1. The molecule has 1 aromatic rings. The number of halogens is 3. The first kappa shape index (κ1) is 21.5. The predicted molar refractivity (Wildman–Crippen MR) is 97.9 cm³/mol. The monoisotopic (exact) mass is 387 g/mol. The average molecular weight is 387 g/mol. The minimum absolute atomic E-state index is 0.159. The molecule has 1 heterocycles. The van der Waals surface area contributed by atoms with Crippen LogP contribution in [-0.4, -0.2) is 68.3 Å². The van der Waals surface area contributed by atoms with Gasteiger partial charge in [-0.15, -0.1) is 0 Å². The maximum absolute atomic E-state index is 12.4. The smallest absolute Gasteiger partial charge is 0.422 e. The lowest BCUT2D eigenvalue weighted by atomic mass is 10.1. The molecule has 0 aliphatic carbocycles. The Bertz CT molecular complexity index is 621. The highest BCUT2D eigenvalue weighted by atomic mass is 19.4. The molecule has 8 heteroatoms. The summed E-state index contributed by atoms with van der Waals surface area (Å²) in [5.41, 5.74) is 2.35. The van der Waals surface area contributed by atoms with Gasteiger partial charge < -0.3 is 19.9 Å². The van der Waals surface area contributed by atoms with Gasteiger partial charge in [-0.2, -0.15) is 13.2 Å². The van der Waals surface area contributed by atoms with Crippen LogP contribution in [0.1, 0.15) is 23.1 Å². The van der Waals surface area contributed by atoms with E-state index in [-0.39, 0.29) is 11.7 Å². The Hall–Kier alpha value is -1.80. The van der Waals surface area contributed by atoms with Crippen molar-refractivity contribution in [3.63, 3.8) is 0 Å². The zero-order valence-electron chi connectivity index (χ0n) is 16.2. The lowest BCUT2D eigenvalue weighted by molar-refractivity contribution is -0.153. The van der Waals surface area contributed by atoms with E-state index in [1.807, 2.05) is 29.0 Å². The highest BCUT2D eigenvalue weighted by Gasteiger charge is 2.29. The van der Waals surface area contributed by atoms with Crippen molar-refractivity contribution in [2.75, 3.05) is 46.4 Å². The fraction of sp³-hybridized carbons (Fsp3) is 0.632. The topological polar surface area (TPSA) is 44.8 Å². The van der Waals surface area contributed by atoms with E-state index in [2.05, 4.69) is 5.32 Å². The van der Waals surface area contributed by atoms with Gasteiger partial charge in [-0.25, -0.2) is 0 Å². The van der Waals surface area contributed by atoms with Gasteiger partial charge >= 0.3 is 6.18 Å². The minimum atomic E-state index is -4.35. The number of carbonyl (C=O) groups is 1. The molecule has 0 aromatic heterocycles. The van der Waals surface area contributed by atoms with Gasteiger partial charge in [0.25, 0.3) is 0 Å². The number of hydrogen-bond donors (Lipinski definition) is 1. The van der Waals surface area contributed by atoms with Crippen molar-refractivity contribution in [2.24, 2.45) is 0 Å². The van der Waals surface area contributed by atoms with E-state index in [1.54, 1.807) is 13.8 Å². The third-order valence-electron chi connectivity index (χ3n) is 4.53. The van der Waals surface area contributed by atoms with Crippen LogP contribution in [0, 0.1) is 13.8 Å². The standard InChI is InChI=1S/C19H28F3N3O2/c1-14-10-16(11-15(2)18(14)27-13-19(20,21)22)12-24(3)7-4-17(26)25-8-5-23-6-9-25/h10-11,23H,4-9,12-13H2,1-3H3. The first-order chi connectivity index (χ1) is 12.7. The summed E-state index contributed by atoms with van der Waals surface area (Å²) in [4.78, 5) is 16.2. The SMILES string of the molecule is Cc1cc(CN(C)CCC(=O)N2CCNCC2)cc(C)c1OCC(F)(F)F. The summed E-state index contributed by atoms with van der Waals surface area (Å²) in [6, 6.07) is 3.68. The molecule has 152 valence electrons. The number of nitrogens with zero attached hydrogens (tertiary/aromatic N) is 2. The van der Waals surface area contributed by atoms with E-state index in [4.69, 9.17) is 4.74 Å². The van der Waals surface area contributed by atoms with Gasteiger partial charge in [-0.1, -0.05) is 12.1 Å². The molecule has 0 radical (unpaired) electrons. The van der Waals surface area contributed by atoms with Crippen LogP contribution in [0.4, 0.5) is 13.2 Å². The molecular weight excluding hydrogens is 359 g/mol. The summed E-state index contributed by atoms with van der Waals surface area (Å²) in [5.74, 6) is 0.444. The van der Waals surface area contributed by atoms with Crippen molar-refractivity contribution in [2.45, 2.75) is 33.0 Å². The highest BCUT2D eigenvalue weighted by molar-refractivity contribution is 5.76. The van der Waals surface area contributed by atoms with Gasteiger partial charge in [0.1, 0.15) is 5.75 Å². The van der Waals surface area contributed by atoms with E-state index in [0.717, 1.165) is 31.7 Å². The first-order valence-corrected chi connectivity index (χ1v) is 9.12. The number of carbonyl (C=O) groups excluding carboxylic acids is 1. The Morgan fingerprint density at radius 3 is 2.37 bits per heavy atom. The second kappa shape index (κ2) is 9.41. The van der Waals surface area contributed by atoms with E-state index in [1.165, 1.54) is 0 Å². The molecule has 0 unspecified atom stereocenters. The number of piperazine rings is 1. The maximum Gasteiger partial charge on any atom is 0.422 e. The van der Waals surface area contributed by atoms with Gasteiger partial charge in [0.2, 0.25) is 5.91 Å². The van der Waals surface area contributed by atoms with Crippen molar-refractivity contribution in [1.29, 1.82) is 0 Å². The fourth-order valence-electron chi connectivity index (χ4n) is 3.26. The third-order valence-corrected chi connectivity index (χ3v) is 4.53. The Morgan fingerprint density at radius 1 is 1.22 bits per heavy atom. The van der Waals surface area contributed by atoms with Gasteiger partial charge in [0, 0.05) is 45.7 Å². The quantitative estimate of drug-likeness (QED) is 0.781. The van der Waals surface area contributed by atoms with Crippen molar-refractivity contribution in [3.8, 4) is 5.75 Å². The molecule has 5 nitrogen and oxygen atoms in total. The van der Waals surface area contributed by atoms with Gasteiger partial charge in [-0.05, 0) is 37.6 Å². The first-order valence-electron chi connectivity index (χ1n) is 9.12. The van der Waals surface area contributed by atoms with Crippen molar-refractivity contribution in [1.82, 2.24) is 15.1 Å². The maximum atomic E-state index is 12.4. The van der Waals surface area contributed by atoms with E-state index in [0.29, 0.717) is 30.6 Å². The Kier molecular flexibility index (Phi) is 7.49. The highest BCUT2D eigenvalue weighted by Crippen LogP contribution is 2.27. The van der Waals surface area contributed by atoms with Crippen LogP contribution >= 0.6 is 0 Å². The second-order valence-electron chi connectivity index (χ2n) is 7.08. The molecule has 1 fully saturated rings. The number of rotatable bonds is 7. The Labute approximate surface area is 158 Å². The van der Waals surface area contributed by atoms with Gasteiger partial charge in [-0.3, -0.25) is 4.79 Å². The van der Waals surface area contributed by atoms with Crippen LogP contribution < -0.4 is 10.1 Å². The molecule has 0 saturated carbocycles. The molecule has 1 aliphatic heterocycles. The zero-order valence-corrected chi connectivity index (χ0v) is 16.2. The van der Waals surface area contributed by atoms with Crippen LogP contribution in [0.2, 0.25) is 0 Å². The van der Waals surface area contributed by atoms with Crippen molar-refractivity contribution >= 4 is 5.91 Å². The normalized spacial score (nSPS) is 15.3. The van der Waals surface area contributed by atoms with Crippen LogP contribution in [0.3, 0.4) is 0 Å². The van der Waals surface area contributed by atoms with E-state index < -0.39 is 12.8 Å². The molecule has 0 spiro atoms. The van der Waals surface area contributed by atoms with Gasteiger partial charge in [0.15, 0.2) is 6.61 Å². The summed E-state index contributed by atoms with van der Waals surface area (Å²) in [6.07, 6.45) is -3.89. The molecule has 1 amide bonds. The molecule has 1 aromatic carbocycles. The molecule has 0 atom stereocenters. The lowest BCUT2D eigenvalue weighted by Gasteiger charge is -2.28. The van der Waals surface area contributed by atoms with Crippen LogP contribution in [0.25, 0.3) is 0 Å². The number of hydrogen-bond acceptors (Lipinski definition) is 4. The number of benzene rings is 1. The largest absolute Gasteiger partial charge is 0.484 e. The lowest BCUT2D eigenvalue weighted by Crippen LogP contribution is -2.47. The molecular formula is C19H28F3N3O2. The number of nitrogens with one attached hydrogen (secondary N) is 1. The Morgan fingerprint density at radius 2 is 1.81 bits per heavy atom. The average Bonchev–Trinajstić information content (AvgIpc) is 2.58. The minimum Gasteiger partial charge on any atom is -0.484 e. The Balaban J connectivity index is 1.87. The number of ether oxygens (including phenoxy) is 1. The number of aryl methyl sites for hydroxylation is 2. The summed E-state index contributed by atoms with van der Waals surface area (Å²) in [5, 5.41) is 3.22. The van der Waals surface area contributed by atoms with Gasteiger partial charge in [0.05, 0.1) is 0 Å². The van der Waals surface area contributed by atoms with E-state index >= 15 is 0 Å². The third kappa shape index (κ3) is 7.03. The predicted octanol–water partition coefficient (Wildman–Crippen LogP) is 2.50. The molecule has 0 bridgehead atoms. The summed E-state index contributed by atoms with van der Waals surface area (Å²) < 4.78 is 42.1. The van der Waals surface area contributed by atoms with Crippen LogP contribution in [-0.2, 0) is 11.3 Å². The van der Waals surface area contributed by atoms with Crippen molar-refractivity contribution < 1.29 is 22.7 Å². The molecule has 1 N–H and O–H groups in total.